The monoisotopic (exact) mass is 294 g/mol. The number of rotatable bonds is 5. The van der Waals surface area contributed by atoms with Crippen molar-refractivity contribution in [2.45, 2.75) is 39.2 Å². The smallest absolute Gasteiger partial charge is 0.407 e. The van der Waals surface area contributed by atoms with Crippen molar-refractivity contribution in [3.63, 3.8) is 0 Å². The minimum atomic E-state index is -0.547. The Kier molecular flexibility index (Phi) is 6.17. The molecule has 0 aliphatic carbocycles. The average Bonchev–Trinajstić information content (AvgIpc) is 2.41. The Morgan fingerprint density at radius 3 is 2.43 bits per heavy atom. The van der Waals surface area contributed by atoms with Gasteiger partial charge in [0, 0.05) is 13.0 Å². The number of carbonyl (C=O) groups is 2. The number of nitrogens with zero attached hydrogens (tertiary/aromatic N) is 1. The fourth-order valence-electron chi connectivity index (χ4n) is 1.56. The van der Waals surface area contributed by atoms with E-state index in [1.54, 1.807) is 51.1 Å². The van der Waals surface area contributed by atoms with Crippen molar-refractivity contribution in [3.8, 4) is 0 Å². The molecule has 0 saturated heterocycles. The first-order chi connectivity index (χ1) is 9.79. The molecule has 0 spiro atoms. The largest absolute Gasteiger partial charge is 0.444 e. The molecule has 0 fully saturated rings. The molecule has 116 valence electrons. The maximum Gasteiger partial charge on any atom is 0.407 e. The highest BCUT2D eigenvalue weighted by Crippen LogP contribution is 2.12. The predicted molar refractivity (Wildman–Crippen MR) is 79.2 cm³/mol. The van der Waals surface area contributed by atoms with Crippen LogP contribution >= 0.6 is 0 Å². The predicted octanol–water partition coefficient (Wildman–Crippen LogP) is 2.71. The van der Waals surface area contributed by atoms with Crippen molar-refractivity contribution < 1.29 is 19.5 Å². The number of anilines is 1. The Hall–Kier alpha value is -2.08. The van der Waals surface area contributed by atoms with Crippen molar-refractivity contribution in [3.05, 3.63) is 30.3 Å². The van der Waals surface area contributed by atoms with E-state index in [0.29, 0.717) is 23.7 Å². The number of alkyl carbamates (subject to hydrolysis) is 1. The van der Waals surface area contributed by atoms with Gasteiger partial charge in [-0.3, -0.25) is 10.0 Å². The first kappa shape index (κ1) is 17.0. The second kappa shape index (κ2) is 7.64. The highest BCUT2D eigenvalue weighted by atomic mass is 16.6. The maximum atomic E-state index is 11.7. The zero-order valence-corrected chi connectivity index (χ0v) is 12.6. The Bertz CT molecular complexity index is 468. The average molecular weight is 294 g/mol. The number of nitrogens with one attached hydrogen (secondary N) is 1. The summed E-state index contributed by atoms with van der Waals surface area (Å²) in [7, 11) is 0. The number of ether oxygens (including phenoxy) is 1. The summed E-state index contributed by atoms with van der Waals surface area (Å²) in [6.07, 6.45) is 0.0299. The van der Waals surface area contributed by atoms with E-state index < -0.39 is 17.6 Å². The minimum absolute atomic E-state index is 0.126. The number of carbonyl (C=O) groups excluding carboxylic acids is 2. The molecule has 1 aromatic carbocycles. The van der Waals surface area contributed by atoms with Crippen molar-refractivity contribution in [1.29, 1.82) is 0 Å². The minimum Gasteiger partial charge on any atom is -0.444 e. The van der Waals surface area contributed by atoms with Crippen LogP contribution in [-0.4, -0.2) is 29.4 Å². The third kappa shape index (κ3) is 6.76. The summed E-state index contributed by atoms with van der Waals surface area (Å²) >= 11 is 0. The van der Waals surface area contributed by atoms with Gasteiger partial charge >= 0.3 is 6.09 Å². The van der Waals surface area contributed by atoms with Gasteiger partial charge in [0.25, 0.3) is 5.91 Å². The van der Waals surface area contributed by atoms with Gasteiger partial charge in [0.2, 0.25) is 0 Å². The molecule has 6 heteroatoms. The Labute approximate surface area is 124 Å². The van der Waals surface area contributed by atoms with Crippen LogP contribution in [-0.2, 0) is 9.53 Å². The Morgan fingerprint density at radius 1 is 1.24 bits per heavy atom. The molecular weight excluding hydrogens is 272 g/mol. The maximum absolute atomic E-state index is 11.7. The number of benzene rings is 1. The van der Waals surface area contributed by atoms with E-state index >= 15 is 0 Å². The highest BCUT2D eigenvalue weighted by molar-refractivity contribution is 5.90. The lowest BCUT2D eigenvalue weighted by atomic mass is 10.2. The third-order valence-electron chi connectivity index (χ3n) is 2.47. The summed E-state index contributed by atoms with van der Waals surface area (Å²) in [6, 6.07) is 8.53. The van der Waals surface area contributed by atoms with Gasteiger partial charge in [0.15, 0.2) is 0 Å². The summed E-state index contributed by atoms with van der Waals surface area (Å²) in [4.78, 5) is 23.1. The number of hydrogen-bond donors (Lipinski definition) is 2. The van der Waals surface area contributed by atoms with Gasteiger partial charge in [-0.15, -0.1) is 0 Å². The van der Waals surface area contributed by atoms with E-state index in [9.17, 15) is 14.8 Å². The van der Waals surface area contributed by atoms with Gasteiger partial charge in [-0.1, -0.05) is 18.2 Å². The molecule has 0 saturated carbocycles. The van der Waals surface area contributed by atoms with E-state index in [1.165, 1.54) is 0 Å². The first-order valence-electron chi connectivity index (χ1n) is 6.83. The molecule has 6 nitrogen and oxygen atoms in total. The summed E-state index contributed by atoms with van der Waals surface area (Å²) in [5.74, 6) is -0.424. The standard InChI is InChI=1S/C15H22N2O4/c1-15(2,3)21-14(19)16-11-7-10-13(18)17(20)12-8-5-4-6-9-12/h4-6,8-9,20H,7,10-11H2,1-3H3,(H,16,19). The lowest BCUT2D eigenvalue weighted by Gasteiger charge is -2.19. The number of amides is 2. The molecule has 0 unspecified atom stereocenters. The van der Waals surface area contributed by atoms with Crippen LogP contribution < -0.4 is 10.4 Å². The van der Waals surface area contributed by atoms with Crippen LogP contribution in [0.4, 0.5) is 10.5 Å². The summed E-state index contributed by atoms with van der Waals surface area (Å²) in [6.45, 7) is 5.64. The van der Waals surface area contributed by atoms with Crippen molar-refractivity contribution in [2.75, 3.05) is 11.6 Å². The van der Waals surface area contributed by atoms with Crippen LogP contribution in [0.25, 0.3) is 0 Å². The Morgan fingerprint density at radius 2 is 1.86 bits per heavy atom. The van der Waals surface area contributed by atoms with E-state index in [0.717, 1.165) is 0 Å². The first-order valence-corrected chi connectivity index (χ1v) is 6.83. The molecule has 1 aromatic rings. The van der Waals surface area contributed by atoms with Gasteiger partial charge in [-0.2, -0.15) is 5.06 Å². The molecule has 0 bridgehead atoms. The SMILES string of the molecule is CC(C)(C)OC(=O)NCCCC(=O)N(O)c1ccccc1. The lowest BCUT2D eigenvalue weighted by Crippen LogP contribution is -2.33. The molecule has 0 heterocycles. The fraction of sp³-hybridized carbons (Fsp3) is 0.467. The quantitative estimate of drug-likeness (QED) is 0.497. The van der Waals surface area contributed by atoms with Crippen molar-refractivity contribution >= 4 is 17.7 Å². The van der Waals surface area contributed by atoms with Gasteiger partial charge in [0.1, 0.15) is 5.60 Å². The molecule has 21 heavy (non-hydrogen) atoms. The normalized spacial score (nSPS) is 10.9. The highest BCUT2D eigenvalue weighted by Gasteiger charge is 2.16. The number of hydrogen-bond acceptors (Lipinski definition) is 4. The molecule has 2 N–H and O–H groups in total. The van der Waals surface area contributed by atoms with E-state index in [1.807, 2.05) is 0 Å². The summed E-state index contributed by atoms with van der Waals surface area (Å²) in [5.41, 5.74) is -0.127. The van der Waals surface area contributed by atoms with Crippen LogP contribution in [0.5, 0.6) is 0 Å². The zero-order chi connectivity index (χ0) is 15.9. The summed E-state index contributed by atoms with van der Waals surface area (Å²) < 4.78 is 5.07. The van der Waals surface area contributed by atoms with Crippen LogP contribution in [0.1, 0.15) is 33.6 Å². The third-order valence-corrected chi connectivity index (χ3v) is 2.47. The van der Waals surface area contributed by atoms with Crippen LogP contribution in [0, 0.1) is 0 Å². The lowest BCUT2D eigenvalue weighted by molar-refractivity contribution is -0.123. The molecule has 0 aliphatic rings. The molecule has 2 amide bonds. The zero-order valence-electron chi connectivity index (χ0n) is 12.6. The molecule has 0 aromatic heterocycles. The summed E-state index contributed by atoms with van der Waals surface area (Å²) in [5, 5.41) is 12.9. The van der Waals surface area contributed by atoms with E-state index in [4.69, 9.17) is 4.74 Å². The molecule has 0 atom stereocenters. The van der Waals surface area contributed by atoms with Gasteiger partial charge in [0.05, 0.1) is 5.69 Å². The van der Waals surface area contributed by atoms with Gasteiger partial charge in [-0.05, 0) is 39.3 Å². The van der Waals surface area contributed by atoms with Crippen LogP contribution in [0.2, 0.25) is 0 Å². The van der Waals surface area contributed by atoms with E-state index in [-0.39, 0.29) is 6.42 Å². The van der Waals surface area contributed by atoms with Gasteiger partial charge in [-0.25, -0.2) is 4.79 Å². The molecule has 0 radical (unpaired) electrons. The van der Waals surface area contributed by atoms with Crippen LogP contribution in [0.15, 0.2) is 30.3 Å². The molecular formula is C15H22N2O4. The van der Waals surface area contributed by atoms with Crippen molar-refractivity contribution in [2.24, 2.45) is 0 Å². The molecule has 0 aliphatic heterocycles. The second-order valence-corrected chi connectivity index (χ2v) is 5.57. The number of hydroxylamine groups is 1. The van der Waals surface area contributed by atoms with E-state index in [2.05, 4.69) is 5.32 Å². The van der Waals surface area contributed by atoms with Crippen LogP contribution in [0.3, 0.4) is 0 Å². The van der Waals surface area contributed by atoms with Gasteiger partial charge < -0.3 is 10.1 Å². The Balaban J connectivity index is 2.27. The topological polar surface area (TPSA) is 78.9 Å². The molecule has 1 rings (SSSR count). The number of para-hydroxylation sites is 1. The fourth-order valence-corrected chi connectivity index (χ4v) is 1.56. The second-order valence-electron chi connectivity index (χ2n) is 5.57. The van der Waals surface area contributed by atoms with Crippen molar-refractivity contribution in [1.82, 2.24) is 5.32 Å².